The number of hydrogen-bond donors (Lipinski definition) is 0. The number of rotatable bonds is 1. The zero-order valence-corrected chi connectivity index (χ0v) is 8.52. The van der Waals surface area contributed by atoms with Crippen LogP contribution in [-0.4, -0.2) is 33.9 Å². The Bertz CT molecular complexity index is 506. The minimum atomic E-state index is -0.708. The standard InChI is InChI=1S/C9H8ClFN4/c10-9-12-8-2-1-7(5-15(8)13-9)14-3-6(11)4-14/h1-2,5-6H,3-4H2. The van der Waals surface area contributed by atoms with Gasteiger partial charge in [0.05, 0.1) is 25.0 Å². The van der Waals surface area contributed by atoms with E-state index in [1.54, 1.807) is 10.7 Å². The molecule has 1 fully saturated rings. The smallest absolute Gasteiger partial charge is 0.243 e. The summed E-state index contributed by atoms with van der Waals surface area (Å²) in [6.45, 7) is 0.905. The second-order valence-corrected chi connectivity index (χ2v) is 3.91. The molecule has 1 saturated heterocycles. The van der Waals surface area contributed by atoms with Gasteiger partial charge in [-0.1, -0.05) is 0 Å². The number of alkyl halides is 1. The van der Waals surface area contributed by atoms with Crippen LogP contribution in [-0.2, 0) is 0 Å². The summed E-state index contributed by atoms with van der Waals surface area (Å²) < 4.78 is 14.3. The number of fused-ring (bicyclic) bond motifs is 1. The number of aromatic nitrogens is 3. The van der Waals surface area contributed by atoms with E-state index in [9.17, 15) is 4.39 Å². The third-order valence-electron chi connectivity index (χ3n) is 2.49. The summed E-state index contributed by atoms with van der Waals surface area (Å²) in [6.07, 6.45) is 1.10. The van der Waals surface area contributed by atoms with Crippen molar-refractivity contribution in [2.45, 2.75) is 6.17 Å². The molecule has 2 aromatic rings. The van der Waals surface area contributed by atoms with E-state index in [1.165, 1.54) is 0 Å². The monoisotopic (exact) mass is 226 g/mol. The molecule has 6 heteroatoms. The van der Waals surface area contributed by atoms with Crippen molar-refractivity contribution in [3.63, 3.8) is 0 Å². The Morgan fingerprint density at radius 2 is 2.20 bits per heavy atom. The molecule has 3 rings (SSSR count). The maximum Gasteiger partial charge on any atom is 0.243 e. The Hall–Kier alpha value is -1.36. The highest BCUT2D eigenvalue weighted by Crippen LogP contribution is 2.22. The molecule has 78 valence electrons. The number of halogens is 2. The molecule has 4 nitrogen and oxygen atoms in total. The van der Waals surface area contributed by atoms with Crippen LogP contribution in [0.15, 0.2) is 18.3 Å². The van der Waals surface area contributed by atoms with Crippen molar-refractivity contribution in [1.29, 1.82) is 0 Å². The molecule has 15 heavy (non-hydrogen) atoms. The maximum atomic E-state index is 12.7. The average Bonchev–Trinajstić information content (AvgIpc) is 2.52. The Kier molecular flexibility index (Phi) is 1.82. The van der Waals surface area contributed by atoms with E-state index in [-0.39, 0.29) is 5.28 Å². The van der Waals surface area contributed by atoms with Gasteiger partial charge in [0.15, 0.2) is 5.65 Å². The number of anilines is 1. The zero-order valence-electron chi connectivity index (χ0n) is 7.77. The van der Waals surface area contributed by atoms with Gasteiger partial charge in [0.25, 0.3) is 0 Å². The topological polar surface area (TPSA) is 33.4 Å². The van der Waals surface area contributed by atoms with Gasteiger partial charge >= 0.3 is 0 Å². The van der Waals surface area contributed by atoms with Crippen LogP contribution in [0.1, 0.15) is 0 Å². The third kappa shape index (κ3) is 1.43. The summed E-state index contributed by atoms with van der Waals surface area (Å²) in [6, 6.07) is 3.71. The lowest BCUT2D eigenvalue weighted by Crippen LogP contribution is -2.48. The minimum absolute atomic E-state index is 0.221. The Balaban J connectivity index is 1.99. The van der Waals surface area contributed by atoms with Crippen LogP contribution in [0.3, 0.4) is 0 Å². The largest absolute Gasteiger partial charge is 0.364 e. The normalized spacial score (nSPS) is 17.1. The fourth-order valence-corrected chi connectivity index (χ4v) is 1.84. The lowest BCUT2D eigenvalue weighted by atomic mass is 10.2. The summed E-state index contributed by atoms with van der Waals surface area (Å²) in [5, 5.41) is 4.21. The van der Waals surface area contributed by atoms with Crippen LogP contribution in [0.5, 0.6) is 0 Å². The molecule has 0 unspecified atom stereocenters. The van der Waals surface area contributed by atoms with E-state index >= 15 is 0 Å². The van der Waals surface area contributed by atoms with E-state index in [2.05, 4.69) is 10.1 Å². The number of hydrogen-bond acceptors (Lipinski definition) is 3. The molecular formula is C9H8ClFN4. The minimum Gasteiger partial charge on any atom is -0.364 e. The highest BCUT2D eigenvalue weighted by molar-refractivity contribution is 6.28. The first kappa shape index (κ1) is 8.91. The SMILES string of the molecule is FC1CN(c2ccc3nc(Cl)nn3c2)C1. The Morgan fingerprint density at radius 3 is 2.93 bits per heavy atom. The lowest BCUT2D eigenvalue weighted by Gasteiger charge is -2.36. The van der Waals surface area contributed by atoms with Gasteiger partial charge in [-0.3, -0.25) is 0 Å². The Labute approximate surface area is 90.3 Å². The van der Waals surface area contributed by atoms with E-state index in [0.29, 0.717) is 18.7 Å². The molecule has 0 spiro atoms. The van der Waals surface area contributed by atoms with Gasteiger partial charge in [0.1, 0.15) is 6.17 Å². The molecule has 0 bridgehead atoms. The molecule has 0 radical (unpaired) electrons. The fraction of sp³-hybridized carbons (Fsp3) is 0.333. The van der Waals surface area contributed by atoms with Crippen LogP contribution in [0.4, 0.5) is 10.1 Å². The van der Waals surface area contributed by atoms with Crippen LogP contribution in [0, 0.1) is 0 Å². The van der Waals surface area contributed by atoms with Crippen molar-refractivity contribution in [2.24, 2.45) is 0 Å². The van der Waals surface area contributed by atoms with Crippen LogP contribution >= 0.6 is 11.6 Å². The second-order valence-electron chi connectivity index (χ2n) is 3.57. The summed E-state index contributed by atoms with van der Waals surface area (Å²) in [7, 11) is 0. The number of pyridine rings is 1. The van der Waals surface area contributed by atoms with E-state index in [1.807, 2.05) is 17.0 Å². The third-order valence-corrected chi connectivity index (χ3v) is 2.65. The number of nitrogens with zero attached hydrogens (tertiary/aromatic N) is 4. The van der Waals surface area contributed by atoms with Crippen molar-refractivity contribution in [3.8, 4) is 0 Å². The molecule has 0 atom stereocenters. The quantitative estimate of drug-likeness (QED) is 0.740. The molecule has 0 amide bonds. The summed E-state index contributed by atoms with van der Waals surface area (Å²) in [4.78, 5) is 5.94. The first-order chi connectivity index (χ1) is 7.22. The molecule has 2 aromatic heterocycles. The highest BCUT2D eigenvalue weighted by Gasteiger charge is 2.26. The molecule has 3 heterocycles. The summed E-state index contributed by atoms with van der Waals surface area (Å²) in [5.74, 6) is 0. The van der Waals surface area contributed by atoms with E-state index in [4.69, 9.17) is 11.6 Å². The molecule has 1 aliphatic heterocycles. The van der Waals surface area contributed by atoms with Gasteiger partial charge in [0.2, 0.25) is 5.28 Å². The van der Waals surface area contributed by atoms with E-state index in [0.717, 1.165) is 5.69 Å². The average molecular weight is 227 g/mol. The summed E-state index contributed by atoms with van der Waals surface area (Å²) >= 11 is 5.67. The first-order valence-electron chi connectivity index (χ1n) is 4.63. The van der Waals surface area contributed by atoms with Crippen molar-refractivity contribution >= 4 is 22.9 Å². The molecule has 1 aliphatic rings. The van der Waals surface area contributed by atoms with Crippen LogP contribution in [0.25, 0.3) is 5.65 Å². The van der Waals surface area contributed by atoms with Gasteiger partial charge in [-0.25, -0.2) is 8.91 Å². The van der Waals surface area contributed by atoms with Gasteiger partial charge in [-0.15, -0.1) is 5.10 Å². The predicted molar refractivity (Wildman–Crippen MR) is 55.1 cm³/mol. The molecule has 0 aromatic carbocycles. The van der Waals surface area contributed by atoms with Gasteiger partial charge in [0, 0.05) is 0 Å². The van der Waals surface area contributed by atoms with Gasteiger partial charge in [-0.2, -0.15) is 4.98 Å². The highest BCUT2D eigenvalue weighted by atomic mass is 35.5. The first-order valence-corrected chi connectivity index (χ1v) is 5.01. The molecular weight excluding hydrogens is 219 g/mol. The van der Waals surface area contributed by atoms with Gasteiger partial charge in [-0.05, 0) is 23.7 Å². The van der Waals surface area contributed by atoms with Crippen molar-refractivity contribution in [1.82, 2.24) is 14.6 Å². The Morgan fingerprint density at radius 1 is 1.40 bits per heavy atom. The molecule has 0 aliphatic carbocycles. The van der Waals surface area contributed by atoms with Crippen molar-refractivity contribution in [2.75, 3.05) is 18.0 Å². The molecule has 0 N–H and O–H groups in total. The fourth-order valence-electron chi connectivity index (χ4n) is 1.67. The molecule has 0 saturated carbocycles. The second kappa shape index (κ2) is 3.06. The van der Waals surface area contributed by atoms with Crippen LogP contribution in [0.2, 0.25) is 5.28 Å². The zero-order chi connectivity index (χ0) is 10.4. The van der Waals surface area contributed by atoms with Crippen LogP contribution < -0.4 is 4.90 Å². The lowest BCUT2D eigenvalue weighted by molar-refractivity contribution is 0.274. The maximum absolute atomic E-state index is 12.7. The van der Waals surface area contributed by atoms with Gasteiger partial charge < -0.3 is 4.90 Å². The van der Waals surface area contributed by atoms with Crippen molar-refractivity contribution in [3.05, 3.63) is 23.6 Å². The van der Waals surface area contributed by atoms with Crippen molar-refractivity contribution < 1.29 is 4.39 Å². The van der Waals surface area contributed by atoms with E-state index < -0.39 is 6.17 Å². The predicted octanol–water partition coefficient (Wildman–Crippen LogP) is 1.54. The summed E-state index contributed by atoms with van der Waals surface area (Å²) in [5.41, 5.74) is 1.64.